The number of anilines is 2. The van der Waals surface area contributed by atoms with Crippen molar-refractivity contribution < 1.29 is 24.0 Å². The number of benzene rings is 2. The lowest BCUT2D eigenvalue weighted by Gasteiger charge is -2.38. The fourth-order valence-electron chi connectivity index (χ4n) is 6.49. The predicted molar refractivity (Wildman–Crippen MR) is 153 cm³/mol. The first-order valence-electron chi connectivity index (χ1n) is 14.5. The molecular weight excluding hydrogens is 522 g/mol. The van der Waals surface area contributed by atoms with Gasteiger partial charge in [0.2, 0.25) is 11.8 Å². The normalized spacial score (nSPS) is 22.2. The Balaban J connectivity index is 0.983. The number of nitrogens with one attached hydrogen (secondary N) is 1. The zero-order valence-corrected chi connectivity index (χ0v) is 23.1. The number of hydrogen-bond donors (Lipinski definition) is 1. The number of nitrogens with zero attached hydrogens (tertiary/aromatic N) is 4. The van der Waals surface area contributed by atoms with Crippen LogP contribution in [0.15, 0.2) is 42.5 Å². The van der Waals surface area contributed by atoms with Crippen LogP contribution in [0.25, 0.3) is 0 Å². The van der Waals surface area contributed by atoms with Crippen molar-refractivity contribution in [1.82, 2.24) is 15.1 Å². The number of hydrogen-bond acceptors (Lipinski definition) is 8. The van der Waals surface area contributed by atoms with Gasteiger partial charge >= 0.3 is 0 Å². The van der Waals surface area contributed by atoms with E-state index in [1.54, 1.807) is 12.1 Å². The van der Waals surface area contributed by atoms with E-state index < -0.39 is 23.8 Å². The lowest BCUT2D eigenvalue weighted by Crippen LogP contribution is -2.54. The van der Waals surface area contributed by atoms with E-state index in [0.29, 0.717) is 22.6 Å². The van der Waals surface area contributed by atoms with Crippen LogP contribution in [0.2, 0.25) is 0 Å². The molecule has 10 nitrogen and oxygen atoms in total. The summed E-state index contributed by atoms with van der Waals surface area (Å²) < 4.78 is 0. The zero-order chi connectivity index (χ0) is 28.5. The Kier molecular flexibility index (Phi) is 7.57. The molecule has 2 aromatic rings. The molecule has 0 aromatic heterocycles. The monoisotopic (exact) mass is 557 g/mol. The summed E-state index contributed by atoms with van der Waals surface area (Å²) in [5, 5.41) is 2.24. The molecule has 4 amide bonds. The van der Waals surface area contributed by atoms with Crippen LogP contribution < -0.4 is 15.1 Å². The predicted octanol–water partition coefficient (Wildman–Crippen LogP) is 2.33. The van der Waals surface area contributed by atoms with Gasteiger partial charge in [0.15, 0.2) is 0 Å². The van der Waals surface area contributed by atoms with Crippen molar-refractivity contribution in [2.75, 3.05) is 55.6 Å². The molecule has 0 saturated carbocycles. The third-order valence-electron chi connectivity index (χ3n) is 9.02. The van der Waals surface area contributed by atoms with Gasteiger partial charge in [-0.25, -0.2) is 0 Å². The third-order valence-corrected chi connectivity index (χ3v) is 9.02. The third kappa shape index (κ3) is 5.48. The molecule has 4 aliphatic heterocycles. The topological polar surface area (TPSA) is 110 Å². The van der Waals surface area contributed by atoms with Gasteiger partial charge in [0.25, 0.3) is 11.8 Å². The molecule has 0 bridgehead atoms. The molecule has 0 aliphatic carbocycles. The van der Waals surface area contributed by atoms with Crippen molar-refractivity contribution in [3.8, 4) is 0 Å². The molecule has 4 aliphatic rings. The summed E-state index contributed by atoms with van der Waals surface area (Å²) in [6, 6.07) is 12.2. The van der Waals surface area contributed by atoms with E-state index in [0.717, 1.165) is 62.7 Å². The average molecular weight is 558 g/mol. The molecule has 1 N–H and O–H groups in total. The number of imide groups is 2. The minimum atomic E-state index is -0.950. The molecule has 4 heterocycles. The Bertz CT molecular complexity index is 1360. The summed E-state index contributed by atoms with van der Waals surface area (Å²) in [5.41, 5.74) is 3.44. The van der Waals surface area contributed by atoms with Crippen LogP contribution in [0, 0.1) is 5.92 Å². The molecule has 6 rings (SSSR count). The average Bonchev–Trinajstić information content (AvgIpc) is 3.25. The van der Waals surface area contributed by atoms with Gasteiger partial charge in [0.1, 0.15) is 12.3 Å². The lowest BCUT2D eigenvalue weighted by molar-refractivity contribution is -0.136. The first-order chi connectivity index (χ1) is 19.9. The molecule has 3 fully saturated rings. The van der Waals surface area contributed by atoms with Crippen molar-refractivity contribution in [3.63, 3.8) is 0 Å². The Labute approximate surface area is 239 Å². The van der Waals surface area contributed by atoms with E-state index in [9.17, 15) is 24.0 Å². The summed E-state index contributed by atoms with van der Waals surface area (Å²) in [6.45, 7) is 6.71. The molecule has 1 atom stereocenters. The lowest BCUT2D eigenvalue weighted by atomic mass is 9.93. The second kappa shape index (κ2) is 11.4. The fraction of sp³-hybridized carbons (Fsp3) is 0.452. The minimum Gasteiger partial charge on any atom is -0.372 e. The van der Waals surface area contributed by atoms with Crippen LogP contribution >= 0.6 is 0 Å². The van der Waals surface area contributed by atoms with Crippen LogP contribution in [0.5, 0.6) is 0 Å². The number of fused-ring (bicyclic) bond motifs is 1. The Morgan fingerprint density at radius 2 is 1.41 bits per heavy atom. The van der Waals surface area contributed by atoms with Gasteiger partial charge in [-0.2, -0.15) is 0 Å². The van der Waals surface area contributed by atoms with E-state index in [4.69, 9.17) is 0 Å². The molecule has 3 saturated heterocycles. The van der Waals surface area contributed by atoms with E-state index in [1.165, 1.54) is 24.9 Å². The molecule has 214 valence electrons. The highest BCUT2D eigenvalue weighted by Crippen LogP contribution is 2.31. The van der Waals surface area contributed by atoms with Crippen LogP contribution in [0.4, 0.5) is 11.4 Å². The quantitative estimate of drug-likeness (QED) is 0.408. The maximum absolute atomic E-state index is 13.2. The number of carbonyl (C=O) groups excluding carboxylic acids is 5. The second-order valence-electron chi connectivity index (χ2n) is 11.4. The second-order valence-corrected chi connectivity index (χ2v) is 11.4. The molecule has 2 aromatic carbocycles. The van der Waals surface area contributed by atoms with Crippen molar-refractivity contribution in [3.05, 3.63) is 59.2 Å². The Hall–Kier alpha value is -4.05. The molecule has 0 spiro atoms. The van der Waals surface area contributed by atoms with E-state index in [-0.39, 0.29) is 18.7 Å². The minimum absolute atomic E-state index is 0.107. The number of piperidine rings is 2. The number of rotatable bonds is 7. The highest BCUT2D eigenvalue weighted by molar-refractivity contribution is 6.23. The van der Waals surface area contributed by atoms with Gasteiger partial charge in [-0.15, -0.1) is 0 Å². The maximum Gasteiger partial charge on any atom is 0.262 e. The number of amides is 4. The summed E-state index contributed by atoms with van der Waals surface area (Å²) in [7, 11) is 0. The molecule has 0 radical (unpaired) electrons. The number of aldehydes is 1. The first kappa shape index (κ1) is 27.1. The van der Waals surface area contributed by atoms with Gasteiger partial charge < -0.3 is 9.80 Å². The summed E-state index contributed by atoms with van der Waals surface area (Å²) in [5.74, 6) is -1.20. The molecule has 1 unspecified atom stereocenters. The Morgan fingerprint density at radius 1 is 0.756 bits per heavy atom. The summed E-state index contributed by atoms with van der Waals surface area (Å²) in [4.78, 5) is 69.1. The van der Waals surface area contributed by atoms with Crippen LogP contribution in [0.1, 0.15) is 63.2 Å². The van der Waals surface area contributed by atoms with Gasteiger partial charge in [0.05, 0.1) is 11.1 Å². The number of piperazine rings is 1. The summed E-state index contributed by atoms with van der Waals surface area (Å²) in [6.07, 6.45) is 4.67. The largest absolute Gasteiger partial charge is 0.372 e. The van der Waals surface area contributed by atoms with E-state index in [1.807, 2.05) is 30.3 Å². The Morgan fingerprint density at radius 3 is 2.10 bits per heavy atom. The number of carbonyl (C=O) groups is 5. The van der Waals surface area contributed by atoms with Gasteiger partial charge in [0, 0.05) is 62.6 Å². The fourth-order valence-corrected chi connectivity index (χ4v) is 6.49. The maximum atomic E-state index is 13.2. The molecule has 10 heteroatoms. The van der Waals surface area contributed by atoms with Gasteiger partial charge in [-0.1, -0.05) is 0 Å². The highest BCUT2D eigenvalue weighted by Gasteiger charge is 2.44. The standard InChI is InChI=1S/C31H35N5O5/c37-20-22-1-3-23(4-2-22)34-13-10-21(11-14-34)9-12-33-15-17-35(18-16-33)24-5-6-25-26(19-24)31(41)36(30(25)40)27-7-8-28(38)32-29(27)39/h1-6,19-21,27H,7-18H2,(H,32,38,39). The van der Waals surface area contributed by atoms with Crippen LogP contribution in [-0.2, 0) is 9.59 Å². The van der Waals surface area contributed by atoms with Gasteiger partial charge in [-0.05, 0) is 80.6 Å². The van der Waals surface area contributed by atoms with Crippen LogP contribution in [0.3, 0.4) is 0 Å². The SMILES string of the molecule is O=Cc1ccc(N2CCC(CCN3CCN(c4ccc5c(c4)C(=O)N(C4CCC(=O)NC4=O)C5=O)CC3)CC2)cc1. The summed E-state index contributed by atoms with van der Waals surface area (Å²) >= 11 is 0. The van der Waals surface area contributed by atoms with Crippen molar-refractivity contribution in [1.29, 1.82) is 0 Å². The van der Waals surface area contributed by atoms with Gasteiger partial charge in [-0.3, -0.25) is 39.1 Å². The van der Waals surface area contributed by atoms with Crippen LogP contribution in [-0.4, -0.2) is 91.6 Å². The van der Waals surface area contributed by atoms with Crippen molar-refractivity contribution in [2.45, 2.75) is 38.1 Å². The van der Waals surface area contributed by atoms with Crippen molar-refractivity contribution >= 4 is 41.3 Å². The first-order valence-corrected chi connectivity index (χ1v) is 14.5. The zero-order valence-electron chi connectivity index (χ0n) is 23.1. The molecular formula is C31H35N5O5. The van der Waals surface area contributed by atoms with E-state index in [2.05, 4.69) is 20.0 Å². The van der Waals surface area contributed by atoms with E-state index >= 15 is 0 Å². The highest BCUT2D eigenvalue weighted by atomic mass is 16.2. The van der Waals surface area contributed by atoms with Crippen molar-refractivity contribution in [2.24, 2.45) is 5.92 Å². The molecule has 41 heavy (non-hydrogen) atoms. The smallest absolute Gasteiger partial charge is 0.262 e.